The first-order valence-electron chi connectivity index (χ1n) is 10.7. The van der Waals surface area contributed by atoms with Gasteiger partial charge in [0, 0.05) is 8.07 Å². The largest absolute Gasteiger partial charge is 0.463 e. The third-order valence-corrected chi connectivity index (χ3v) is 8.91. The standard InChI is InChI=1S/C22H33NO6SSi/c1-6-28-21(24)18-13-14-19(17-11-9-8-10-12-17)23(20(18)22(25)29-7-2)30(26,27)15-16-31(3,4)5/h8-12,19H,6-7,13-16H2,1-5H3/t19-/m0/s1. The van der Waals surface area contributed by atoms with Crippen LogP contribution >= 0.6 is 0 Å². The van der Waals surface area contributed by atoms with E-state index in [-0.39, 0.29) is 36.7 Å². The van der Waals surface area contributed by atoms with Crippen molar-refractivity contribution in [1.29, 1.82) is 0 Å². The number of carbonyl (C=O) groups is 2. The molecule has 0 bridgehead atoms. The fraction of sp³-hybridized carbons (Fsp3) is 0.545. The predicted molar refractivity (Wildman–Crippen MR) is 122 cm³/mol. The van der Waals surface area contributed by atoms with E-state index >= 15 is 0 Å². The summed E-state index contributed by atoms with van der Waals surface area (Å²) < 4.78 is 38.7. The fourth-order valence-corrected chi connectivity index (χ4v) is 8.23. The van der Waals surface area contributed by atoms with Gasteiger partial charge in [0.05, 0.1) is 30.6 Å². The number of carbonyl (C=O) groups excluding carboxylic acids is 2. The number of hydrogen-bond acceptors (Lipinski definition) is 6. The van der Waals surface area contributed by atoms with E-state index in [4.69, 9.17) is 9.47 Å². The number of sulfonamides is 1. The Balaban J connectivity index is 2.67. The number of hydrogen-bond donors (Lipinski definition) is 0. The van der Waals surface area contributed by atoms with Gasteiger partial charge in [-0.1, -0.05) is 50.0 Å². The smallest absolute Gasteiger partial charge is 0.356 e. The number of esters is 2. The summed E-state index contributed by atoms with van der Waals surface area (Å²) in [7, 11) is -5.58. The molecule has 1 aromatic carbocycles. The molecule has 0 saturated heterocycles. The van der Waals surface area contributed by atoms with Gasteiger partial charge in [-0.3, -0.25) is 4.31 Å². The minimum atomic E-state index is -3.91. The highest BCUT2D eigenvalue weighted by Crippen LogP contribution is 2.40. The van der Waals surface area contributed by atoms with Crippen molar-refractivity contribution in [1.82, 2.24) is 4.31 Å². The molecule has 0 N–H and O–H groups in total. The Morgan fingerprint density at radius 3 is 2.16 bits per heavy atom. The molecule has 1 atom stereocenters. The van der Waals surface area contributed by atoms with Crippen LogP contribution in [0.3, 0.4) is 0 Å². The average Bonchev–Trinajstić information content (AvgIpc) is 2.72. The van der Waals surface area contributed by atoms with Crippen molar-refractivity contribution in [3.8, 4) is 0 Å². The number of ether oxygens (including phenoxy) is 2. The van der Waals surface area contributed by atoms with Crippen LogP contribution in [0.15, 0.2) is 41.6 Å². The molecule has 0 unspecified atom stereocenters. The second kappa shape index (κ2) is 10.5. The van der Waals surface area contributed by atoms with E-state index in [0.29, 0.717) is 12.5 Å². The molecule has 0 saturated carbocycles. The summed E-state index contributed by atoms with van der Waals surface area (Å²) in [6, 6.07) is 9.13. The van der Waals surface area contributed by atoms with Crippen LogP contribution in [0.25, 0.3) is 0 Å². The molecule has 1 aliphatic heterocycles. The van der Waals surface area contributed by atoms with E-state index in [1.165, 1.54) is 0 Å². The monoisotopic (exact) mass is 467 g/mol. The molecule has 7 nitrogen and oxygen atoms in total. The molecule has 0 spiro atoms. The summed E-state index contributed by atoms with van der Waals surface area (Å²) in [4.78, 5) is 25.6. The fourth-order valence-electron chi connectivity index (χ4n) is 3.48. The van der Waals surface area contributed by atoms with Crippen molar-refractivity contribution in [2.24, 2.45) is 0 Å². The zero-order chi connectivity index (χ0) is 23.2. The lowest BCUT2D eigenvalue weighted by atomic mass is 9.93. The Labute approximate surface area is 186 Å². The average molecular weight is 468 g/mol. The first kappa shape index (κ1) is 25.1. The van der Waals surface area contributed by atoms with E-state index in [1.807, 2.05) is 30.3 Å². The van der Waals surface area contributed by atoms with Crippen molar-refractivity contribution in [2.75, 3.05) is 19.0 Å². The third kappa shape index (κ3) is 6.43. The van der Waals surface area contributed by atoms with Crippen LogP contribution in [0.2, 0.25) is 25.7 Å². The molecule has 1 aromatic rings. The molecule has 1 aliphatic rings. The zero-order valence-electron chi connectivity index (χ0n) is 19.0. The van der Waals surface area contributed by atoms with E-state index in [0.717, 1.165) is 9.87 Å². The summed E-state index contributed by atoms with van der Waals surface area (Å²) in [5.41, 5.74) is 0.615. The van der Waals surface area contributed by atoms with Crippen molar-refractivity contribution in [3.05, 3.63) is 47.2 Å². The molecular weight excluding hydrogens is 434 g/mol. The number of nitrogens with zero attached hydrogens (tertiary/aromatic N) is 1. The van der Waals surface area contributed by atoms with Crippen molar-refractivity contribution in [2.45, 2.75) is 58.4 Å². The van der Waals surface area contributed by atoms with Crippen LogP contribution < -0.4 is 0 Å². The van der Waals surface area contributed by atoms with Gasteiger partial charge in [-0.15, -0.1) is 0 Å². The van der Waals surface area contributed by atoms with Crippen LogP contribution in [0.4, 0.5) is 0 Å². The molecule has 2 rings (SSSR count). The quantitative estimate of drug-likeness (QED) is 0.404. The Kier molecular flexibility index (Phi) is 8.47. The number of rotatable bonds is 9. The van der Waals surface area contributed by atoms with Crippen LogP contribution in [0, 0.1) is 0 Å². The Bertz CT molecular complexity index is 921. The van der Waals surface area contributed by atoms with E-state index in [2.05, 4.69) is 19.6 Å². The first-order chi connectivity index (χ1) is 14.5. The molecule has 0 aliphatic carbocycles. The van der Waals surface area contributed by atoms with Gasteiger partial charge in [-0.25, -0.2) is 18.0 Å². The van der Waals surface area contributed by atoms with Crippen molar-refractivity contribution < 1.29 is 27.5 Å². The van der Waals surface area contributed by atoms with E-state index in [1.54, 1.807) is 13.8 Å². The summed E-state index contributed by atoms with van der Waals surface area (Å²) in [5.74, 6) is -1.59. The van der Waals surface area contributed by atoms with Gasteiger partial charge in [-0.2, -0.15) is 0 Å². The Morgan fingerprint density at radius 1 is 1.03 bits per heavy atom. The molecular formula is C22H33NO6SSi. The summed E-state index contributed by atoms with van der Waals surface area (Å²) in [5, 5.41) is 0. The second-order valence-corrected chi connectivity index (χ2v) is 16.2. The molecule has 31 heavy (non-hydrogen) atoms. The van der Waals surface area contributed by atoms with Crippen LogP contribution in [-0.4, -0.2) is 51.7 Å². The second-order valence-electron chi connectivity index (χ2n) is 8.66. The Hall–Kier alpha value is -2.13. The van der Waals surface area contributed by atoms with Gasteiger partial charge in [-0.05, 0) is 38.3 Å². The Morgan fingerprint density at radius 2 is 1.61 bits per heavy atom. The molecule has 9 heteroatoms. The molecule has 0 radical (unpaired) electrons. The highest BCUT2D eigenvalue weighted by Gasteiger charge is 2.43. The van der Waals surface area contributed by atoms with Gasteiger partial charge in [0.15, 0.2) is 0 Å². The molecule has 172 valence electrons. The summed E-state index contributed by atoms with van der Waals surface area (Å²) in [6.07, 6.45) is 0.597. The highest BCUT2D eigenvalue weighted by molar-refractivity contribution is 7.89. The normalized spacial score (nSPS) is 17.5. The lowest BCUT2D eigenvalue weighted by Crippen LogP contribution is -2.44. The highest BCUT2D eigenvalue weighted by atomic mass is 32.2. The van der Waals surface area contributed by atoms with Gasteiger partial charge >= 0.3 is 11.9 Å². The van der Waals surface area contributed by atoms with Gasteiger partial charge in [0.2, 0.25) is 10.0 Å². The minimum absolute atomic E-state index is 0.0593. The number of benzene rings is 1. The van der Waals surface area contributed by atoms with Gasteiger partial charge in [0.1, 0.15) is 5.70 Å². The van der Waals surface area contributed by atoms with Crippen molar-refractivity contribution >= 4 is 30.0 Å². The SMILES string of the molecule is CCOC(=O)C1=C(C(=O)OCC)N(S(=O)(=O)CC[Si](C)(C)C)[C@H](c2ccccc2)CC1. The van der Waals surface area contributed by atoms with Gasteiger partial charge in [0.25, 0.3) is 0 Å². The van der Waals surface area contributed by atoms with Crippen LogP contribution in [0.5, 0.6) is 0 Å². The lowest BCUT2D eigenvalue weighted by molar-refractivity contribution is -0.143. The minimum Gasteiger partial charge on any atom is -0.463 e. The van der Waals surface area contributed by atoms with Gasteiger partial charge < -0.3 is 9.47 Å². The zero-order valence-corrected chi connectivity index (χ0v) is 20.8. The van der Waals surface area contributed by atoms with Crippen LogP contribution in [-0.2, 0) is 29.1 Å². The molecule has 0 amide bonds. The summed E-state index contributed by atoms with van der Waals surface area (Å²) in [6.45, 7) is 9.80. The predicted octanol–water partition coefficient (Wildman–Crippen LogP) is 3.87. The van der Waals surface area contributed by atoms with Crippen molar-refractivity contribution in [3.63, 3.8) is 0 Å². The molecule has 1 heterocycles. The third-order valence-electron chi connectivity index (χ3n) is 5.04. The van der Waals surface area contributed by atoms with Crippen LogP contribution in [0.1, 0.15) is 38.3 Å². The lowest BCUT2D eigenvalue weighted by Gasteiger charge is -2.38. The first-order valence-corrected chi connectivity index (χ1v) is 16.0. The maximum atomic E-state index is 13.6. The topological polar surface area (TPSA) is 90.0 Å². The molecule has 0 fully saturated rings. The van der Waals surface area contributed by atoms with E-state index in [9.17, 15) is 18.0 Å². The maximum Gasteiger partial charge on any atom is 0.356 e. The summed E-state index contributed by atoms with van der Waals surface area (Å²) >= 11 is 0. The maximum absolute atomic E-state index is 13.6. The molecule has 0 aromatic heterocycles. The van der Waals surface area contributed by atoms with E-state index < -0.39 is 36.1 Å².